The number of hydrogen-bond donors (Lipinski definition) is 2. The van der Waals surface area contributed by atoms with Gasteiger partial charge in [0.25, 0.3) is 5.91 Å². The summed E-state index contributed by atoms with van der Waals surface area (Å²) in [4.78, 5) is 25.0. The molecule has 0 bridgehead atoms. The lowest BCUT2D eigenvalue weighted by atomic mass is 10.1. The van der Waals surface area contributed by atoms with E-state index in [-0.39, 0.29) is 4.90 Å². The number of rotatable bonds is 6. The van der Waals surface area contributed by atoms with E-state index in [1.54, 1.807) is 25.1 Å². The third-order valence-corrected chi connectivity index (χ3v) is 7.82. The first-order valence-electron chi connectivity index (χ1n) is 9.27. The molecule has 2 aromatic rings. The van der Waals surface area contributed by atoms with Crippen LogP contribution in [0.3, 0.4) is 0 Å². The van der Waals surface area contributed by atoms with Gasteiger partial charge in [-0.25, -0.2) is 8.42 Å². The molecule has 1 fully saturated rings. The van der Waals surface area contributed by atoms with Gasteiger partial charge in [0.05, 0.1) is 23.7 Å². The highest BCUT2D eigenvalue weighted by atomic mass is 32.2. The molecule has 0 spiro atoms. The quantitative estimate of drug-likeness (QED) is 0.655. The van der Waals surface area contributed by atoms with Crippen molar-refractivity contribution in [3.05, 3.63) is 51.9 Å². The fourth-order valence-electron chi connectivity index (χ4n) is 3.02. The molecular formula is C20H23N3O5S2. The number of nitrogens with one attached hydrogen (secondary N) is 1. The number of morpholine rings is 1. The summed E-state index contributed by atoms with van der Waals surface area (Å²) in [6.07, 6.45) is 2.89. The zero-order valence-corrected chi connectivity index (χ0v) is 18.3. The molecule has 1 saturated heterocycles. The molecule has 1 aromatic heterocycles. The van der Waals surface area contributed by atoms with Crippen LogP contribution in [0.2, 0.25) is 0 Å². The van der Waals surface area contributed by atoms with Crippen molar-refractivity contribution in [2.75, 3.05) is 31.6 Å². The fraction of sp³-hybridized carbons (Fsp3) is 0.300. The molecule has 2 heterocycles. The van der Waals surface area contributed by atoms with Gasteiger partial charge < -0.3 is 15.8 Å². The Morgan fingerprint density at radius 2 is 1.80 bits per heavy atom. The van der Waals surface area contributed by atoms with Crippen LogP contribution in [0.25, 0.3) is 6.08 Å². The maximum atomic E-state index is 12.6. The largest absolute Gasteiger partial charge is 0.379 e. The van der Waals surface area contributed by atoms with Gasteiger partial charge in [-0.15, -0.1) is 11.3 Å². The van der Waals surface area contributed by atoms with Gasteiger partial charge >= 0.3 is 0 Å². The number of amides is 2. The minimum absolute atomic E-state index is 0.196. The van der Waals surface area contributed by atoms with Crippen molar-refractivity contribution in [1.29, 1.82) is 0 Å². The minimum atomic E-state index is -3.56. The number of thiophene rings is 1. The summed E-state index contributed by atoms with van der Waals surface area (Å²) < 4.78 is 31.9. The van der Waals surface area contributed by atoms with Gasteiger partial charge in [-0.1, -0.05) is 12.1 Å². The average molecular weight is 450 g/mol. The number of hydrogen-bond acceptors (Lipinski definition) is 6. The minimum Gasteiger partial charge on any atom is -0.379 e. The molecule has 30 heavy (non-hydrogen) atoms. The lowest BCUT2D eigenvalue weighted by Gasteiger charge is -2.26. The first kappa shape index (κ1) is 22.2. The fourth-order valence-corrected chi connectivity index (χ4v) is 5.50. The standard InChI is InChI=1S/C20H23N3O5S2/c1-13-14(2)29-20(18(13)19(21)25)22-17(24)8-5-15-3-6-16(7-4-15)30(26,27)23-9-11-28-12-10-23/h3-8H,9-12H2,1-2H3,(H2,21,25)(H,22,24)/b8-5+. The third-order valence-electron chi connectivity index (χ3n) is 4.78. The predicted octanol–water partition coefficient (Wildman–Crippen LogP) is 2.14. The normalized spacial score (nSPS) is 15.4. The second kappa shape index (κ2) is 9.09. The zero-order chi connectivity index (χ0) is 21.9. The SMILES string of the molecule is Cc1sc(NC(=O)/C=C/c2ccc(S(=O)(=O)N3CCOCC3)cc2)c(C(N)=O)c1C. The number of carbonyl (C=O) groups is 2. The van der Waals surface area contributed by atoms with Gasteiger partial charge in [0.1, 0.15) is 5.00 Å². The summed E-state index contributed by atoms with van der Waals surface area (Å²) in [5.41, 5.74) is 7.15. The van der Waals surface area contributed by atoms with E-state index in [2.05, 4.69) is 5.32 Å². The number of nitrogens with two attached hydrogens (primary N) is 1. The second-order valence-electron chi connectivity index (χ2n) is 6.76. The van der Waals surface area contributed by atoms with Crippen molar-refractivity contribution in [2.45, 2.75) is 18.7 Å². The van der Waals surface area contributed by atoms with E-state index in [1.807, 2.05) is 6.92 Å². The number of aryl methyl sites for hydroxylation is 1. The summed E-state index contributed by atoms with van der Waals surface area (Å²) in [7, 11) is -3.56. The molecule has 0 unspecified atom stereocenters. The molecule has 10 heteroatoms. The molecule has 3 N–H and O–H groups in total. The number of primary amides is 1. The maximum absolute atomic E-state index is 12.6. The Hall–Kier alpha value is -2.53. The molecule has 0 radical (unpaired) electrons. The van der Waals surface area contributed by atoms with Crippen molar-refractivity contribution in [1.82, 2.24) is 4.31 Å². The van der Waals surface area contributed by atoms with E-state index in [9.17, 15) is 18.0 Å². The van der Waals surface area contributed by atoms with Gasteiger partial charge in [0.2, 0.25) is 15.9 Å². The molecule has 2 amide bonds. The van der Waals surface area contributed by atoms with Crippen LogP contribution >= 0.6 is 11.3 Å². The van der Waals surface area contributed by atoms with Crippen LogP contribution in [0.1, 0.15) is 26.4 Å². The van der Waals surface area contributed by atoms with Crippen molar-refractivity contribution in [3.63, 3.8) is 0 Å². The summed E-state index contributed by atoms with van der Waals surface area (Å²) in [6, 6.07) is 6.29. The van der Waals surface area contributed by atoms with Crippen LogP contribution in [-0.2, 0) is 19.6 Å². The Labute approximate surface area is 179 Å². The lowest BCUT2D eigenvalue weighted by Crippen LogP contribution is -2.40. The Kier molecular flexibility index (Phi) is 6.71. The van der Waals surface area contributed by atoms with E-state index in [0.29, 0.717) is 42.4 Å². The monoisotopic (exact) mass is 449 g/mol. The molecule has 8 nitrogen and oxygen atoms in total. The van der Waals surface area contributed by atoms with Crippen molar-refractivity contribution >= 4 is 44.3 Å². The van der Waals surface area contributed by atoms with Crippen LogP contribution in [0.5, 0.6) is 0 Å². The molecule has 1 aliphatic rings. The molecule has 0 saturated carbocycles. The summed E-state index contributed by atoms with van der Waals surface area (Å²) >= 11 is 1.29. The summed E-state index contributed by atoms with van der Waals surface area (Å²) in [5, 5.41) is 3.10. The van der Waals surface area contributed by atoms with E-state index in [1.165, 1.54) is 33.9 Å². The van der Waals surface area contributed by atoms with Crippen molar-refractivity contribution in [2.24, 2.45) is 5.73 Å². The number of sulfonamides is 1. The highest BCUT2D eigenvalue weighted by Gasteiger charge is 2.26. The maximum Gasteiger partial charge on any atom is 0.251 e. The Morgan fingerprint density at radius 1 is 1.17 bits per heavy atom. The van der Waals surface area contributed by atoms with Crippen LogP contribution < -0.4 is 11.1 Å². The average Bonchev–Trinajstić information content (AvgIpc) is 3.00. The number of nitrogens with zero attached hydrogens (tertiary/aromatic N) is 1. The molecule has 160 valence electrons. The predicted molar refractivity (Wildman–Crippen MR) is 116 cm³/mol. The summed E-state index contributed by atoms with van der Waals surface area (Å²) in [6.45, 7) is 5.07. The number of anilines is 1. The first-order valence-corrected chi connectivity index (χ1v) is 11.5. The van der Waals surface area contributed by atoms with Gasteiger partial charge in [-0.2, -0.15) is 4.31 Å². The lowest BCUT2D eigenvalue weighted by molar-refractivity contribution is -0.111. The van der Waals surface area contributed by atoms with Gasteiger partial charge in [0, 0.05) is 24.0 Å². The van der Waals surface area contributed by atoms with E-state index in [4.69, 9.17) is 10.5 Å². The molecule has 3 rings (SSSR count). The van der Waals surface area contributed by atoms with E-state index >= 15 is 0 Å². The Bertz CT molecular complexity index is 1080. The molecular weight excluding hydrogens is 426 g/mol. The van der Waals surface area contributed by atoms with Crippen LogP contribution in [0.15, 0.2) is 35.2 Å². The van der Waals surface area contributed by atoms with Crippen molar-refractivity contribution < 1.29 is 22.7 Å². The van der Waals surface area contributed by atoms with Gasteiger partial charge in [-0.3, -0.25) is 9.59 Å². The number of carbonyl (C=O) groups excluding carboxylic acids is 2. The van der Waals surface area contributed by atoms with Gasteiger partial charge in [0.15, 0.2) is 0 Å². The first-order chi connectivity index (χ1) is 14.2. The highest BCUT2D eigenvalue weighted by Crippen LogP contribution is 2.32. The van der Waals surface area contributed by atoms with Crippen molar-refractivity contribution in [3.8, 4) is 0 Å². The highest BCUT2D eigenvalue weighted by molar-refractivity contribution is 7.89. The van der Waals surface area contributed by atoms with Crippen LogP contribution in [0.4, 0.5) is 5.00 Å². The van der Waals surface area contributed by atoms with E-state index in [0.717, 1.165) is 10.4 Å². The second-order valence-corrected chi connectivity index (χ2v) is 9.92. The van der Waals surface area contributed by atoms with E-state index < -0.39 is 21.8 Å². The number of benzene rings is 1. The van der Waals surface area contributed by atoms with Crippen LogP contribution in [-0.4, -0.2) is 50.8 Å². The molecule has 0 atom stereocenters. The molecule has 0 aliphatic carbocycles. The molecule has 1 aliphatic heterocycles. The Balaban J connectivity index is 1.69. The van der Waals surface area contributed by atoms with Gasteiger partial charge in [-0.05, 0) is 43.2 Å². The number of ether oxygens (including phenoxy) is 1. The smallest absolute Gasteiger partial charge is 0.251 e. The third kappa shape index (κ3) is 4.78. The molecule has 1 aromatic carbocycles. The summed E-state index contributed by atoms with van der Waals surface area (Å²) in [5.74, 6) is -1.00. The topological polar surface area (TPSA) is 119 Å². The zero-order valence-electron chi connectivity index (χ0n) is 16.7. The van der Waals surface area contributed by atoms with Crippen LogP contribution in [0, 0.1) is 13.8 Å². The Morgan fingerprint density at radius 3 is 2.40 bits per heavy atom.